The maximum Gasteiger partial charge on any atom is 0.282 e. The van der Waals surface area contributed by atoms with Crippen molar-refractivity contribution in [2.24, 2.45) is 5.92 Å². The number of anilines is 1. The van der Waals surface area contributed by atoms with E-state index in [0.29, 0.717) is 35.2 Å². The zero-order valence-corrected chi connectivity index (χ0v) is 19.5. The van der Waals surface area contributed by atoms with Gasteiger partial charge in [0.25, 0.3) is 11.8 Å². The summed E-state index contributed by atoms with van der Waals surface area (Å²) in [6, 6.07) is 13.3. The number of benzene rings is 2. The van der Waals surface area contributed by atoms with E-state index in [1.807, 2.05) is 44.2 Å². The van der Waals surface area contributed by atoms with Crippen LogP contribution in [0.15, 0.2) is 48.2 Å². The number of rotatable bonds is 6. The van der Waals surface area contributed by atoms with Gasteiger partial charge in [0.05, 0.1) is 17.9 Å². The predicted octanol–water partition coefficient (Wildman–Crippen LogP) is 5.11. The van der Waals surface area contributed by atoms with Crippen molar-refractivity contribution in [1.29, 1.82) is 0 Å². The largest absolute Gasteiger partial charge is 0.494 e. The number of hydrogen-bond acceptors (Lipinski definition) is 4. The molecule has 32 heavy (non-hydrogen) atoms. The van der Waals surface area contributed by atoms with Gasteiger partial charge < -0.3 is 9.64 Å². The summed E-state index contributed by atoms with van der Waals surface area (Å²) in [5, 5.41) is 0. The average Bonchev–Trinajstić information content (AvgIpc) is 3.05. The van der Waals surface area contributed by atoms with Gasteiger partial charge in [0.2, 0.25) is 0 Å². The first-order valence-electron chi connectivity index (χ1n) is 11.6. The van der Waals surface area contributed by atoms with Gasteiger partial charge in [0.1, 0.15) is 11.4 Å². The lowest BCUT2D eigenvalue weighted by Gasteiger charge is -2.32. The summed E-state index contributed by atoms with van der Waals surface area (Å²) in [4.78, 5) is 30.9. The van der Waals surface area contributed by atoms with E-state index in [1.54, 1.807) is 12.1 Å². The van der Waals surface area contributed by atoms with Crippen LogP contribution in [-0.4, -0.2) is 36.4 Å². The first-order chi connectivity index (χ1) is 15.4. The number of carbonyl (C=O) groups excluding carboxylic acids is 2. The molecule has 168 valence electrons. The molecule has 0 aromatic heterocycles. The molecule has 2 aromatic carbocycles. The van der Waals surface area contributed by atoms with Gasteiger partial charge in [0, 0.05) is 19.2 Å². The van der Waals surface area contributed by atoms with E-state index in [-0.39, 0.29) is 11.8 Å². The molecule has 0 atom stereocenters. The Bertz CT molecular complexity index is 1060. The molecule has 5 heteroatoms. The second kappa shape index (κ2) is 9.19. The predicted molar refractivity (Wildman–Crippen MR) is 128 cm³/mol. The van der Waals surface area contributed by atoms with E-state index in [1.165, 1.54) is 4.90 Å². The minimum Gasteiger partial charge on any atom is -0.494 e. The van der Waals surface area contributed by atoms with Crippen molar-refractivity contribution in [1.82, 2.24) is 4.90 Å². The van der Waals surface area contributed by atoms with E-state index in [2.05, 4.69) is 18.7 Å². The molecule has 0 spiro atoms. The Balaban J connectivity index is 1.77. The number of likely N-dealkylation sites (tertiary alicyclic amines) is 1. The minimum atomic E-state index is -0.264. The summed E-state index contributed by atoms with van der Waals surface area (Å²) in [6.45, 7) is 10.5. The molecule has 2 aliphatic heterocycles. The number of aryl methyl sites for hydroxylation is 2. The molecular formula is C27H32N2O3. The summed E-state index contributed by atoms with van der Waals surface area (Å²) in [5.41, 5.74) is 4.67. The number of hydrogen-bond donors (Lipinski definition) is 0. The highest BCUT2D eigenvalue weighted by atomic mass is 16.5. The Kier molecular flexibility index (Phi) is 6.35. The summed E-state index contributed by atoms with van der Waals surface area (Å²) in [7, 11) is 0. The second-order valence-electron chi connectivity index (χ2n) is 8.98. The lowest BCUT2D eigenvalue weighted by molar-refractivity contribution is -0.120. The minimum absolute atomic E-state index is 0.245. The normalized spacial score (nSPS) is 17.5. The van der Waals surface area contributed by atoms with Crippen LogP contribution in [0.25, 0.3) is 5.57 Å². The molecule has 4 rings (SSSR count). The standard InChI is InChI=1S/C27H32N2O3/c1-5-15-32-23-8-6-7-22(17-23)29-26(30)24(21-10-9-19(3)20(4)16-21)25(27(29)31)28-13-11-18(2)12-14-28/h6-10,16-18H,5,11-15H2,1-4H3. The summed E-state index contributed by atoms with van der Waals surface area (Å²) < 4.78 is 5.75. The lowest BCUT2D eigenvalue weighted by Crippen LogP contribution is -2.38. The van der Waals surface area contributed by atoms with Gasteiger partial charge in [-0.3, -0.25) is 9.59 Å². The smallest absolute Gasteiger partial charge is 0.282 e. The molecule has 5 nitrogen and oxygen atoms in total. The Morgan fingerprint density at radius 3 is 2.41 bits per heavy atom. The third kappa shape index (κ3) is 4.16. The van der Waals surface area contributed by atoms with Crippen LogP contribution in [0.5, 0.6) is 5.75 Å². The zero-order chi connectivity index (χ0) is 22.8. The highest BCUT2D eigenvalue weighted by molar-refractivity contribution is 6.45. The molecule has 2 aromatic rings. The van der Waals surface area contributed by atoms with Crippen molar-refractivity contribution >= 4 is 23.1 Å². The second-order valence-corrected chi connectivity index (χ2v) is 8.98. The number of amides is 2. The van der Waals surface area contributed by atoms with E-state index >= 15 is 0 Å². The van der Waals surface area contributed by atoms with Crippen LogP contribution in [0.2, 0.25) is 0 Å². The zero-order valence-electron chi connectivity index (χ0n) is 19.5. The van der Waals surface area contributed by atoms with Crippen molar-refractivity contribution in [2.45, 2.75) is 47.0 Å². The first kappa shape index (κ1) is 22.1. The van der Waals surface area contributed by atoms with E-state index in [9.17, 15) is 9.59 Å². The molecule has 0 saturated carbocycles. The van der Waals surface area contributed by atoms with Crippen molar-refractivity contribution in [2.75, 3.05) is 24.6 Å². The van der Waals surface area contributed by atoms with Crippen LogP contribution < -0.4 is 9.64 Å². The number of nitrogens with zero attached hydrogens (tertiary/aromatic N) is 2. The van der Waals surface area contributed by atoms with Crippen LogP contribution in [0, 0.1) is 19.8 Å². The molecule has 0 bridgehead atoms. The van der Waals surface area contributed by atoms with Gasteiger partial charge in [-0.1, -0.05) is 38.1 Å². The Hall–Kier alpha value is -3.08. The maximum absolute atomic E-state index is 13.7. The molecule has 1 saturated heterocycles. The van der Waals surface area contributed by atoms with Gasteiger partial charge >= 0.3 is 0 Å². The van der Waals surface area contributed by atoms with Crippen LogP contribution in [0.1, 0.15) is 49.8 Å². The lowest BCUT2D eigenvalue weighted by atomic mass is 9.96. The number of ether oxygens (including phenoxy) is 1. The highest BCUT2D eigenvalue weighted by Crippen LogP contribution is 2.37. The number of imide groups is 1. The van der Waals surface area contributed by atoms with Crippen LogP contribution >= 0.6 is 0 Å². The third-order valence-corrected chi connectivity index (χ3v) is 6.50. The Labute approximate surface area is 190 Å². The summed E-state index contributed by atoms with van der Waals surface area (Å²) >= 11 is 0. The molecule has 0 aliphatic carbocycles. The van der Waals surface area contributed by atoms with Gasteiger partial charge in [-0.15, -0.1) is 0 Å². The third-order valence-electron chi connectivity index (χ3n) is 6.50. The quantitative estimate of drug-likeness (QED) is 0.596. The molecule has 2 heterocycles. The van der Waals surface area contributed by atoms with Gasteiger partial charge in [-0.25, -0.2) is 4.90 Å². The summed E-state index contributed by atoms with van der Waals surface area (Å²) in [6.07, 6.45) is 2.93. The maximum atomic E-state index is 13.7. The molecule has 0 N–H and O–H groups in total. The van der Waals surface area contributed by atoms with Crippen LogP contribution in [0.3, 0.4) is 0 Å². The fourth-order valence-electron chi connectivity index (χ4n) is 4.37. The van der Waals surface area contributed by atoms with Crippen molar-refractivity contribution in [3.8, 4) is 5.75 Å². The van der Waals surface area contributed by atoms with Crippen molar-refractivity contribution in [3.05, 3.63) is 64.9 Å². The SMILES string of the molecule is CCCOc1cccc(N2C(=O)C(c3ccc(C)c(C)c3)=C(N3CCC(C)CC3)C2=O)c1. The van der Waals surface area contributed by atoms with E-state index < -0.39 is 0 Å². The van der Waals surface area contributed by atoms with Crippen LogP contribution in [-0.2, 0) is 9.59 Å². The fourth-order valence-corrected chi connectivity index (χ4v) is 4.37. The van der Waals surface area contributed by atoms with Gasteiger partial charge in [0.15, 0.2) is 0 Å². The summed E-state index contributed by atoms with van der Waals surface area (Å²) in [5.74, 6) is 0.787. The van der Waals surface area contributed by atoms with Gasteiger partial charge in [-0.2, -0.15) is 0 Å². The number of piperidine rings is 1. The first-order valence-corrected chi connectivity index (χ1v) is 11.6. The molecule has 1 fully saturated rings. The Morgan fingerprint density at radius 1 is 0.969 bits per heavy atom. The van der Waals surface area contributed by atoms with Crippen molar-refractivity contribution < 1.29 is 14.3 Å². The van der Waals surface area contributed by atoms with Crippen LogP contribution in [0.4, 0.5) is 5.69 Å². The van der Waals surface area contributed by atoms with Crippen molar-refractivity contribution in [3.63, 3.8) is 0 Å². The topological polar surface area (TPSA) is 49.9 Å². The molecule has 2 amide bonds. The Morgan fingerprint density at radius 2 is 1.72 bits per heavy atom. The molecule has 0 radical (unpaired) electrons. The highest BCUT2D eigenvalue weighted by Gasteiger charge is 2.43. The van der Waals surface area contributed by atoms with E-state index in [4.69, 9.17) is 4.74 Å². The monoisotopic (exact) mass is 432 g/mol. The average molecular weight is 433 g/mol. The number of carbonyl (C=O) groups is 2. The van der Waals surface area contributed by atoms with E-state index in [0.717, 1.165) is 49.0 Å². The van der Waals surface area contributed by atoms with Gasteiger partial charge in [-0.05, 0) is 67.9 Å². The molecular weight excluding hydrogens is 400 g/mol. The fraction of sp³-hybridized carbons (Fsp3) is 0.407. The molecule has 2 aliphatic rings. The molecule has 0 unspecified atom stereocenters.